The van der Waals surface area contributed by atoms with E-state index in [1.165, 1.54) is 4.85 Å². The summed E-state index contributed by atoms with van der Waals surface area (Å²) in [6, 6.07) is 4.50. The van der Waals surface area contributed by atoms with Crippen LogP contribution in [0.4, 0.5) is 0 Å². The fourth-order valence-corrected chi connectivity index (χ4v) is 1.78. The van der Waals surface area contributed by atoms with Crippen molar-refractivity contribution in [3.63, 3.8) is 0 Å². The quantitative estimate of drug-likeness (QED) is 0.500. The summed E-state index contributed by atoms with van der Waals surface area (Å²) in [4.78, 5) is 7.03. The van der Waals surface area contributed by atoms with E-state index in [9.17, 15) is 0 Å². The molecule has 0 N–H and O–H groups in total. The van der Waals surface area contributed by atoms with Crippen molar-refractivity contribution in [3.05, 3.63) is 18.3 Å². The summed E-state index contributed by atoms with van der Waals surface area (Å²) in [6.45, 7) is 0. The van der Waals surface area contributed by atoms with Crippen LogP contribution in [-0.2, 0) is 0 Å². The third-order valence-electron chi connectivity index (χ3n) is 2.49. The minimum atomic E-state index is 0.676. The maximum atomic E-state index is 5.61. The normalized spacial score (nSPS) is 14.2. The lowest BCUT2D eigenvalue weighted by Crippen LogP contribution is -2.66. The van der Waals surface area contributed by atoms with Crippen LogP contribution in [0.3, 0.4) is 0 Å². The predicted molar refractivity (Wildman–Crippen MR) is 55.6 cm³/mol. The first-order chi connectivity index (χ1) is 7.68. The Kier molecular flexibility index (Phi) is 1.65. The molecule has 0 amide bonds. The lowest BCUT2D eigenvalue weighted by molar-refractivity contribution is -0.670. The molecule has 1 aliphatic heterocycles. The van der Waals surface area contributed by atoms with Gasteiger partial charge in [-0.15, -0.1) is 0 Å². The van der Waals surface area contributed by atoms with E-state index in [4.69, 9.17) is 4.84 Å². The van der Waals surface area contributed by atoms with Crippen LogP contribution >= 0.6 is 0 Å². The van der Waals surface area contributed by atoms with Gasteiger partial charge in [-0.1, -0.05) is 5.10 Å². The molecule has 0 spiro atoms. The average molecular weight is 220 g/mol. The second-order valence-electron chi connectivity index (χ2n) is 3.82. The van der Waals surface area contributed by atoms with Gasteiger partial charge < -0.3 is 0 Å². The number of rotatable bonds is 0. The molecule has 3 rings (SSSR count). The van der Waals surface area contributed by atoms with Crippen molar-refractivity contribution in [2.75, 3.05) is 26.2 Å². The number of hydrogen-bond acceptors (Lipinski definition) is 3. The van der Waals surface area contributed by atoms with Gasteiger partial charge in [0.1, 0.15) is 18.1 Å². The molecule has 0 bridgehead atoms. The highest BCUT2D eigenvalue weighted by Gasteiger charge is 2.39. The predicted octanol–water partition coefficient (Wildman–Crippen LogP) is -1.64. The maximum Gasteiger partial charge on any atom is 0.532 e. The van der Waals surface area contributed by atoms with Crippen molar-refractivity contribution < 1.29 is 14.1 Å². The Labute approximate surface area is 91.7 Å². The molecule has 7 nitrogen and oxygen atoms in total. The molecule has 0 unspecified atom stereocenters. The molecule has 2 aromatic heterocycles. The Hall–Kier alpha value is -2.18. The van der Waals surface area contributed by atoms with E-state index >= 15 is 0 Å². The lowest BCUT2D eigenvalue weighted by atomic mass is 10.4. The largest absolute Gasteiger partial charge is 0.532 e. The molecule has 3 heterocycles. The number of amidine groups is 1. The van der Waals surface area contributed by atoms with Crippen molar-refractivity contribution in [2.45, 2.75) is 0 Å². The average Bonchev–Trinajstić information content (AvgIpc) is 2.67. The van der Waals surface area contributed by atoms with Crippen LogP contribution in [0.25, 0.3) is 11.2 Å². The van der Waals surface area contributed by atoms with Crippen molar-refractivity contribution in [3.8, 4) is 0 Å². The van der Waals surface area contributed by atoms with Gasteiger partial charge >= 0.3 is 11.7 Å². The zero-order valence-electron chi connectivity index (χ0n) is 9.32. The molecule has 0 aromatic carbocycles. The molecule has 0 aliphatic carbocycles. The summed E-state index contributed by atoms with van der Waals surface area (Å²) in [6.07, 6.45) is 1.94. The fraction of sp³-hybridized carbons (Fsp3) is 0.333. The standard InChI is InChI=1S/C9H12N6O/c1-12(2)9-13(3)14-6-4-5-7-8(14)15(16-9)11-10-7/h4-6H,1-3H3/q+2. The van der Waals surface area contributed by atoms with Crippen LogP contribution in [0, 0.1) is 0 Å². The summed E-state index contributed by atoms with van der Waals surface area (Å²) in [5.41, 5.74) is 1.61. The molecule has 0 saturated heterocycles. The maximum absolute atomic E-state index is 5.61. The third kappa shape index (κ3) is 1.02. The second-order valence-corrected chi connectivity index (χ2v) is 3.82. The molecule has 1 aliphatic rings. The van der Waals surface area contributed by atoms with E-state index in [2.05, 4.69) is 10.3 Å². The molecular formula is C9H12N6O+2. The van der Waals surface area contributed by atoms with Crippen LogP contribution in [0.1, 0.15) is 0 Å². The highest BCUT2D eigenvalue weighted by atomic mass is 16.7. The Balaban J connectivity index is 2.34. The van der Waals surface area contributed by atoms with Crippen molar-refractivity contribution in [1.82, 2.24) is 15.2 Å². The number of hydrogen-bond donors (Lipinski definition) is 0. The van der Waals surface area contributed by atoms with Crippen molar-refractivity contribution in [1.29, 1.82) is 0 Å². The van der Waals surface area contributed by atoms with Crippen molar-refractivity contribution >= 4 is 17.2 Å². The van der Waals surface area contributed by atoms with E-state index in [1.807, 2.05) is 53.7 Å². The van der Waals surface area contributed by atoms with Gasteiger partial charge in [-0.3, -0.25) is 0 Å². The SMILES string of the molecule is CN1C(=[N+](C)C)On2nnc3ccc[n+]1c32. The first-order valence-electron chi connectivity index (χ1n) is 4.91. The van der Waals surface area contributed by atoms with Gasteiger partial charge in [0.2, 0.25) is 0 Å². The molecule has 82 valence electrons. The Morgan fingerprint density at radius 2 is 2.25 bits per heavy atom. The molecule has 7 heteroatoms. The molecular weight excluding hydrogens is 208 g/mol. The lowest BCUT2D eigenvalue weighted by Gasteiger charge is -2.13. The van der Waals surface area contributed by atoms with Crippen LogP contribution in [0.15, 0.2) is 18.3 Å². The van der Waals surface area contributed by atoms with E-state index in [-0.39, 0.29) is 0 Å². The van der Waals surface area contributed by atoms with Gasteiger partial charge in [0, 0.05) is 0 Å². The number of aromatic nitrogens is 4. The van der Waals surface area contributed by atoms with Crippen LogP contribution in [0.2, 0.25) is 0 Å². The summed E-state index contributed by atoms with van der Waals surface area (Å²) in [5.74, 6) is 0. The van der Waals surface area contributed by atoms with Gasteiger partial charge in [-0.25, -0.2) is 4.58 Å². The van der Waals surface area contributed by atoms with E-state index in [0.717, 1.165) is 11.2 Å². The van der Waals surface area contributed by atoms with E-state index in [1.54, 1.807) is 0 Å². The Morgan fingerprint density at radius 3 is 3.00 bits per heavy atom. The Bertz CT molecular complexity index is 597. The first kappa shape index (κ1) is 9.08. The van der Waals surface area contributed by atoms with E-state index < -0.39 is 0 Å². The van der Waals surface area contributed by atoms with Gasteiger partial charge in [0.25, 0.3) is 0 Å². The van der Waals surface area contributed by atoms with Gasteiger partial charge in [0.05, 0.1) is 19.3 Å². The molecule has 2 aromatic rings. The van der Waals surface area contributed by atoms with Crippen LogP contribution in [-0.4, -0.2) is 46.9 Å². The van der Waals surface area contributed by atoms with Gasteiger partial charge in [0.15, 0.2) is 5.52 Å². The number of pyridine rings is 1. The van der Waals surface area contributed by atoms with Gasteiger partial charge in [-0.2, -0.15) is 4.84 Å². The Morgan fingerprint density at radius 1 is 1.44 bits per heavy atom. The second kappa shape index (κ2) is 2.91. The molecule has 0 fully saturated rings. The van der Waals surface area contributed by atoms with Crippen LogP contribution in [0.5, 0.6) is 0 Å². The minimum absolute atomic E-state index is 0.676. The topological polar surface area (TPSA) is 50.1 Å². The highest BCUT2D eigenvalue weighted by Crippen LogP contribution is 2.06. The minimum Gasteiger partial charge on any atom is -0.228 e. The smallest absolute Gasteiger partial charge is 0.228 e. The summed E-state index contributed by atoms with van der Waals surface area (Å²) in [5, 5.41) is 9.86. The summed E-state index contributed by atoms with van der Waals surface area (Å²) < 4.78 is 3.81. The van der Waals surface area contributed by atoms with Gasteiger partial charge in [-0.05, 0) is 21.8 Å². The summed E-state index contributed by atoms with van der Waals surface area (Å²) >= 11 is 0. The zero-order chi connectivity index (χ0) is 11.3. The monoisotopic (exact) mass is 220 g/mol. The zero-order valence-corrected chi connectivity index (χ0v) is 9.32. The van der Waals surface area contributed by atoms with Crippen molar-refractivity contribution in [2.24, 2.45) is 0 Å². The van der Waals surface area contributed by atoms with Crippen LogP contribution < -0.4 is 14.5 Å². The first-order valence-corrected chi connectivity index (χ1v) is 4.91. The fourth-order valence-electron chi connectivity index (χ4n) is 1.78. The number of nitrogens with zero attached hydrogens (tertiary/aromatic N) is 6. The molecule has 0 atom stereocenters. The molecule has 16 heavy (non-hydrogen) atoms. The summed E-state index contributed by atoms with van der Waals surface area (Å²) in [7, 11) is 5.74. The molecule has 0 radical (unpaired) electrons. The third-order valence-corrected chi connectivity index (χ3v) is 2.49. The van der Waals surface area contributed by atoms with E-state index in [0.29, 0.717) is 6.02 Å². The molecule has 0 saturated carbocycles. The highest BCUT2D eigenvalue weighted by molar-refractivity contribution is 5.79.